The van der Waals surface area contributed by atoms with Crippen LogP contribution >= 0.6 is 0 Å². The van der Waals surface area contributed by atoms with Gasteiger partial charge < -0.3 is 9.42 Å². The van der Waals surface area contributed by atoms with Crippen molar-refractivity contribution < 1.29 is 9.32 Å². The molecule has 5 nitrogen and oxygen atoms in total. The molecule has 122 valence electrons. The minimum Gasteiger partial charge on any atom is -0.342 e. The molecule has 0 bridgehead atoms. The van der Waals surface area contributed by atoms with E-state index < -0.39 is 0 Å². The molecule has 1 aromatic carbocycles. The van der Waals surface area contributed by atoms with Gasteiger partial charge in [-0.25, -0.2) is 0 Å². The normalized spacial score (nSPS) is 18.2. The van der Waals surface area contributed by atoms with Crippen LogP contribution in [-0.2, 0) is 11.2 Å². The maximum absolute atomic E-state index is 12.2. The highest BCUT2D eigenvalue weighted by molar-refractivity contribution is 5.79. The van der Waals surface area contributed by atoms with E-state index in [1.54, 1.807) is 0 Å². The van der Waals surface area contributed by atoms with Crippen molar-refractivity contribution in [2.75, 3.05) is 13.1 Å². The van der Waals surface area contributed by atoms with E-state index in [-0.39, 0.29) is 17.7 Å². The molecule has 1 aliphatic heterocycles. The van der Waals surface area contributed by atoms with Crippen molar-refractivity contribution in [1.82, 2.24) is 15.0 Å². The zero-order valence-electron chi connectivity index (χ0n) is 14.0. The van der Waals surface area contributed by atoms with Crippen molar-refractivity contribution in [3.63, 3.8) is 0 Å². The van der Waals surface area contributed by atoms with E-state index in [1.807, 2.05) is 18.7 Å². The van der Waals surface area contributed by atoms with Crippen LogP contribution in [0.25, 0.3) is 0 Å². The zero-order valence-corrected chi connectivity index (χ0v) is 14.0. The van der Waals surface area contributed by atoms with Crippen molar-refractivity contribution in [1.29, 1.82) is 0 Å². The number of hydrogen-bond donors (Lipinski definition) is 0. The molecule has 0 saturated carbocycles. The quantitative estimate of drug-likeness (QED) is 0.851. The summed E-state index contributed by atoms with van der Waals surface area (Å²) in [6, 6.07) is 8.43. The van der Waals surface area contributed by atoms with Gasteiger partial charge in [0, 0.05) is 25.4 Å². The summed E-state index contributed by atoms with van der Waals surface area (Å²) in [6.07, 6.45) is 1.34. The predicted octanol–water partition coefficient (Wildman–Crippen LogP) is 3.06. The van der Waals surface area contributed by atoms with Crippen LogP contribution in [0.4, 0.5) is 0 Å². The van der Waals surface area contributed by atoms with E-state index in [1.165, 1.54) is 11.1 Å². The number of benzene rings is 1. The first-order chi connectivity index (χ1) is 11.0. The molecule has 1 amide bonds. The summed E-state index contributed by atoms with van der Waals surface area (Å²) < 4.78 is 5.35. The molecular weight excluding hydrogens is 290 g/mol. The molecule has 1 unspecified atom stereocenters. The van der Waals surface area contributed by atoms with Crippen LogP contribution in [0.5, 0.6) is 0 Å². The Bertz CT molecular complexity index is 693. The number of likely N-dealkylation sites (tertiary alicyclic amines) is 1. The van der Waals surface area contributed by atoms with Gasteiger partial charge in [0.2, 0.25) is 11.8 Å². The van der Waals surface area contributed by atoms with Crippen molar-refractivity contribution in [3.05, 3.63) is 47.1 Å². The van der Waals surface area contributed by atoms with Crippen LogP contribution < -0.4 is 0 Å². The van der Waals surface area contributed by atoms with E-state index >= 15 is 0 Å². The summed E-state index contributed by atoms with van der Waals surface area (Å²) in [5.41, 5.74) is 2.52. The van der Waals surface area contributed by atoms with Gasteiger partial charge >= 0.3 is 0 Å². The summed E-state index contributed by atoms with van der Waals surface area (Å²) in [7, 11) is 0. The van der Waals surface area contributed by atoms with E-state index in [2.05, 4.69) is 41.3 Å². The molecule has 1 fully saturated rings. The van der Waals surface area contributed by atoms with Crippen molar-refractivity contribution in [2.45, 2.75) is 45.4 Å². The number of nitrogens with zero attached hydrogens (tertiary/aromatic N) is 3. The molecule has 5 heteroatoms. The number of amides is 1. The number of rotatable bonds is 5. The summed E-state index contributed by atoms with van der Waals surface area (Å²) in [5.74, 6) is 1.75. The largest absolute Gasteiger partial charge is 0.342 e. The average Bonchev–Trinajstić information content (AvgIpc) is 3.12. The lowest BCUT2D eigenvalue weighted by Gasteiger charge is -2.16. The van der Waals surface area contributed by atoms with Gasteiger partial charge in [0.15, 0.2) is 5.82 Å². The molecule has 3 rings (SSSR count). The highest BCUT2D eigenvalue weighted by Gasteiger charge is 2.34. The van der Waals surface area contributed by atoms with Crippen LogP contribution in [0.3, 0.4) is 0 Å². The molecule has 0 spiro atoms. The van der Waals surface area contributed by atoms with E-state index in [0.29, 0.717) is 24.7 Å². The Balaban J connectivity index is 1.60. The molecule has 2 aromatic rings. The first kappa shape index (κ1) is 15.7. The van der Waals surface area contributed by atoms with Gasteiger partial charge in [0.1, 0.15) is 0 Å². The van der Waals surface area contributed by atoms with E-state index in [4.69, 9.17) is 4.52 Å². The predicted molar refractivity (Wildman–Crippen MR) is 87.2 cm³/mol. The third kappa shape index (κ3) is 3.60. The second-order valence-corrected chi connectivity index (χ2v) is 6.63. The van der Waals surface area contributed by atoms with Gasteiger partial charge in [-0.15, -0.1) is 0 Å². The molecule has 0 aliphatic carbocycles. The fourth-order valence-electron chi connectivity index (χ4n) is 2.93. The number of hydrogen-bond acceptors (Lipinski definition) is 4. The fraction of sp³-hybridized carbons (Fsp3) is 0.500. The molecule has 1 aromatic heterocycles. The Hall–Kier alpha value is -2.17. The Labute approximate surface area is 136 Å². The van der Waals surface area contributed by atoms with Gasteiger partial charge in [-0.05, 0) is 18.9 Å². The van der Waals surface area contributed by atoms with Gasteiger partial charge in [-0.2, -0.15) is 4.98 Å². The molecule has 23 heavy (non-hydrogen) atoms. The molecule has 1 atom stereocenters. The summed E-state index contributed by atoms with van der Waals surface area (Å²) in [5, 5.41) is 4.00. The van der Waals surface area contributed by atoms with E-state index in [9.17, 15) is 4.79 Å². The van der Waals surface area contributed by atoms with Gasteiger partial charge in [0.05, 0.1) is 5.92 Å². The topological polar surface area (TPSA) is 59.2 Å². The number of aryl methyl sites for hydroxylation is 1. The number of carbonyl (C=O) groups is 1. The number of carbonyl (C=O) groups excluding carboxylic acids is 1. The van der Waals surface area contributed by atoms with E-state index in [0.717, 1.165) is 13.0 Å². The third-order valence-electron chi connectivity index (χ3n) is 4.29. The molecule has 1 saturated heterocycles. The maximum atomic E-state index is 12.2. The monoisotopic (exact) mass is 313 g/mol. The zero-order chi connectivity index (χ0) is 16.4. The summed E-state index contributed by atoms with van der Waals surface area (Å²) in [6.45, 7) is 7.56. The Morgan fingerprint density at radius 2 is 2.22 bits per heavy atom. The second kappa shape index (κ2) is 6.52. The lowest BCUT2D eigenvalue weighted by atomic mass is 10.1. The number of aromatic nitrogens is 2. The second-order valence-electron chi connectivity index (χ2n) is 6.63. The van der Waals surface area contributed by atoms with Crippen LogP contribution in [0.1, 0.15) is 54.9 Å². The Morgan fingerprint density at radius 3 is 2.91 bits per heavy atom. The van der Waals surface area contributed by atoms with Gasteiger partial charge in [-0.1, -0.05) is 48.8 Å². The highest BCUT2D eigenvalue weighted by atomic mass is 16.5. The van der Waals surface area contributed by atoms with Crippen molar-refractivity contribution in [3.8, 4) is 0 Å². The molecule has 2 heterocycles. The first-order valence-electron chi connectivity index (χ1n) is 8.19. The Morgan fingerprint density at radius 1 is 1.39 bits per heavy atom. The van der Waals surface area contributed by atoms with Gasteiger partial charge in [0.25, 0.3) is 0 Å². The lowest BCUT2D eigenvalue weighted by Crippen LogP contribution is -2.27. The summed E-state index contributed by atoms with van der Waals surface area (Å²) >= 11 is 0. The third-order valence-corrected chi connectivity index (χ3v) is 4.29. The van der Waals surface area contributed by atoms with Crippen LogP contribution in [0.2, 0.25) is 0 Å². The highest BCUT2D eigenvalue weighted by Crippen LogP contribution is 2.28. The molecule has 0 radical (unpaired) electrons. The average molecular weight is 313 g/mol. The molecule has 0 N–H and O–H groups in total. The lowest BCUT2D eigenvalue weighted by molar-refractivity contribution is -0.127. The fourth-order valence-corrected chi connectivity index (χ4v) is 2.93. The molecular formula is C18H23N3O2. The Kier molecular flexibility index (Phi) is 4.46. The standard InChI is InChI=1S/C18H23N3O2/c1-12(2)17-19-18(23-20-17)15-10-16(22)21(11-15)8-7-14-6-4-5-13(3)9-14/h4-6,9,12,15H,7-8,10-11H2,1-3H3. The van der Waals surface area contributed by atoms with Crippen molar-refractivity contribution >= 4 is 5.91 Å². The summed E-state index contributed by atoms with van der Waals surface area (Å²) in [4.78, 5) is 18.6. The minimum absolute atomic E-state index is 0.0278. The SMILES string of the molecule is Cc1cccc(CCN2CC(c3nc(C(C)C)no3)CC2=O)c1. The van der Waals surface area contributed by atoms with Crippen molar-refractivity contribution in [2.24, 2.45) is 0 Å². The van der Waals surface area contributed by atoms with Crippen LogP contribution in [-0.4, -0.2) is 34.0 Å². The minimum atomic E-state index is 0.0278. The maximum Gasteiger partial charge on any atom is 0.232 e. The smallest absolute Gasteiger partial charge is 0.232 e. The first-order valence-corrected chi connectivity index (χ1v) is 8.19. The molecule has 1 aliphatic rings. The van der Waals surface area contributed by atoms with Crippen LogP contribution in [0, 0.1) is 6.92 Å². The van der Waals surface area contributed by atoms with Gasteiger partial charge in [-0.3, -0.25) is 4.79 Å². The van der Waals surface area contributed by atoms with Crippen LogP contribution in [0.15, 0.2) is 28.8 Å².